The van der Waals surface area contributed by atoms with Gasteiger partial charge in [-0.1, -0.05) is 61.6 Å². The molecule has 1 aliphatic rings. The van der Waals surface area contributed by atoms with E-state index in [0.717, 1.165) is 31.2 Å². The molecule has 1 aromatic heterocycles. The first-order valence-corrected chi connectivity index (χ1v) is 9.73. The fraction of sp³-hybridized carbons (Fsp3) is 0.409. The summed E-state index contributed by atoms with van der Waals surface area (Å²) in [7, 11) is 0. The quantitative estimate of drug-likeness (QED) is 0.792. The van der Waals surface area contributed by atoms with Crippen molar-refractivity contribution in [1.82, 2.24) is 15.6 Å². The second-order valence-electron chi connectivity index (χ2n) is 7.24. The molecule has 0 bridgehead atoms. The van der Waals surface area contributed by atoms with E-state index in [0.29, 0.717) is 12.2 Å². The van der Waals surface area contributed by atoms with Crippen LogP contribution in [0.2, 0.25) is 0 Å². The molecule has 0 saturated heterocycles. The van der Waals surface area contributed by atoms with E-state index in [2.05, 4.69) is 15.6 Å². The van der Waals surface area contributed by atoms with Crippen molar-refractivity contribution in [3.63, 3.8) is 0 Å². The van der Waals surface area contributed by atoms with Crippen LogP contribution < -0.4 is 10.6 Å². The highest BCUT2D eigenvalue weighted by molar-refractivity contribution is 5.96. The van der Waals surface area contributed by atoms with Crippen molar-refractivity contribution in [2.75, 3.05) is 0 Å². The van der Waals surface area contributed by atoms with Gasteiger partial charge in [-0.25, -0.2) is 4.98 Å². The smallest absolute Gasteiger partial charge is 0.270 e. The van der Waals surface area contributed by atoms with Crippen LogP contribution in [0.1, 0.15) is 70.6 Å². The number of rotatable bonds is 5. The summed E-state index contributed by atoms with van der Waals surface area (Å²) in [4.78, 5) is 29.2. The lowest BCUT2D eigenvalue weighted by molar-refractivity contribution is 0.0927. The normalized spacial score (nSPS) is 15.0. The second-order valence-corrected chi connectivity index (χ2v) is 7.24. The molecule has 1 heterocycles. The van der Waals surface area contributed by atoms with E-state index in [9.17, 15) is 9.59 Å². The van der Waals surface area contributed by atoms with Gasteiger partial charge in [0.25, 0.3) is 11.8 Å². The SMILES string of the molecule is Cc1ccc(CNC(=O)c2cccc(C(=O)NC3CCCCCC3)n2)cc1. The predicted molar refractivity (Wildman–Crippen MR) is 106 cm³/mol. The number of aryl methyl sites for hydroxylation is 1. The van der Waals surface area contributed by atoms with Gasteiger partial charge < -0.3 is 10.6 Å². The minimum absolute atomic E-state index is 0.199. The molecular formula is C22H27N3O2. The third kappa shape index (κ3) is 5.64. The van der Waals surface area contributed by atoms with E-state index < -0.39 is 0 Å². The van der Waals surface area contributed by atoms with Crippen LogP contribution >= 0.6 is 0 Å². The number of amides is 2. The summed E-state index contributed by atoms with van der Waals surface area (Å²) in [5, 5.41) is 5.93. The first-order valence-electron chi connectivity index (χ1n) is 9.73. The number of nitrogens with zero attached hydrogens (tertiary/aromatic N) is 1. The minimum atomic E-state index is -0.278. The Morgan fingerprint density at radius 3 is 2.22 bits per heavy atom. The highest BCUT2D eigenvalue weighted by atomic mass is 16.2. The summed E-state index contributed by atoms with van der Waals surface area (Å²) in [5.74, 6) is -0.477. The van der Waals surface area contributed by atoms with Gasteiger partial charge in [-0.3, -0.25) is 9.59 Å². The van der Waals surface area contributed by atoms with Crippen molar-refractivity contribution in [2.45, 2.75) is 58.0 Å². The summed E-state index contributed by atoms with van der Waals surface area (Å²) in [6, 6.07) is 13.2. The highest BCUT2D eigenvalue weighted by Gasteiger charge is 2.17. The van der Waals surface area contributed by atoms with Crippen LogP contribution in [-0.4, -0.2) is 22.8 Å². The van der Waals surface area contributed by atoms with Gasteiger partial charge in [0.1, 0.15) is 11.4 Å². The van der Waals surface area contributed by atoms with Gasteiger partial charge >= 0.3 is 0 Å². The van der Waals surface area contributed by atoms with Crippen LogP contribution in [0.15, 0.2) is 42.5 Å². The van der Waals surface area contributed by atoms with E-state index in [4.69, 9.17) is 0 Å². The van der Waals surface area contributed by atoms with E-state index in [1.54, 1.807) is 18.2 Å². The number of nitrogens with one attached hydrogen (secondary N) is 2. The third-order valence-electron chi connectivity index (χ3n) is 4.98. The third-order valence-corrected chi connectivity index (χ3v) is 4.98. The molecule has 142 valence electrons. The number of carbonyl (C=O) groups excluding carboxylic acids is 2. The lowest BCUT2D eigenvalue weighted by atomic mass is 10.1. The molecule has 1 aliphatic carbocycles. The zero-order valence-corrected chi connectivity index (χ0v) is 15.8. The molecule has 3 rings (SSSR count). The fourth-order valence-electron chi connectivity index (χ4n) is 3.35. The van der Waals surface area contributed by atoms with Crippen LogP contribution in [0.25, 0.3) is 0 Å². The Bertz CT molecular complexity index is 778. The molecule has 2 N–H and O–H groups in total. The number of carbonyl (C=O) groups is 2. The van der Waals surface area contributed by atoms with Crippen molar-refractivity contribution < 1.29 is 9.59 Å². The molecular weight excluding hydrogens is 338 g/mol. The van der Waals surface area contributed by atoms with Crippen LogP contribution in [0.3, 0.4) is 0 Å². The molecule has 0 atom stereocenters. The van der Waals surface area contributed by atoms with Crippen molar-refractivity contribution in [3.05, 3.63) is 65.0 Å². The van der Waals surface area contributed by atoms with Crippen LogP contribution in [0.5, 0.6) is 0 Å². The molecule has 5 nitrogen and oxygen atoms in total. The first kappa shape index (κ1) is 19.1. The Morgan fingerprint density at radius 1 is 0.926 bits per heavy atom. The largest absolute Gasteiger partial charge is 0.348 e. The number of hydrogen-bond donors (Lipinski definition) is 2. The summed E-state index contributed by atoms with van der Waals surface area (Å²) in [6.07, 6.45) is 6.81. The van der Waals surface area contributed by atoms with Gasteiger partial charge in [0.2, 0.25) is 0 Å². The number of hydrogen-bond acceptors (Lipinski definition) is 3. The van der Waals surface area contributed by atoms with Crippen molar-refractivity contribution in [1.29, 1.82) is 0 Å². The fourth-order valence-corrected chi connectivity index (χ4v) is 3.35. The number of benzene rings is 1. The maximum atomic E-state index is 12.5. The van der Waals surface area contributed by atoms with Gasteiger partial charge in [0.05, 0.1) is 0 Å². The topological polar surface area (TPSA) is 71.1 Å². The zero-order chi connectivity index (χ0) is 19.1. The summed E-state index contributed by atoms with van der Waals surface area (Å²) in [5.41, 5.74) is 2.76. The van der Waals surface area contributed by atoms with E-state index in [1.165, 1.54) is 18.4 Å². The predicted octanol–water partition coefficient (Wildman–Crippen LogP) is 3.77. The highest BCUT2D eigenvalue weighted by Crippen LogP contribution is 2.17. The Balaban J connectivity index is 1.59. The molecule has 2 aromatic rings. The van der Waals surface area contributed by atoms with Crippen LogP contribution in [0.4, 0.5) is 0 Å². The van der Waals surface area contributed by atoms with Crippen molar-refractivity contribution in [3.8, 4) is 0 Å². The van der Waals surface area contributed by atoms with Crippen LogP contribution in [0, 0.1) is 6.92 Å². The average molecular weight is 365 g/mol. The van der Waals surface area contributed by atoms with E-state index >= 15 is 0 Å². The van der Waals surface area contributed by atoms with Gasteiger partial charge in [0, 0.05) is 12.6 Å². The van der Waals surface area contributed by atoms with Crippen molar-refractivity contribution in [2.24, 2.45) is 0 Å². The van der Waals surface area contributed by atoms with E-state index in [-0.39, 0.29) is 23.6 Å². The van der Waals surface area contributed by atoms with Crippen molar-refractivity contribution >= 4 is 11.8 Å². The zero-order valence-electron chi connectivity index (χ0n) is 15.8. The Morgan fingerprint density at radius 2 is 1.56 bits per heavy atom. The molecule has 0 aliphatic heterocycles. The molecule has 0 spiro atoms. The summed E-state index contributed by atoms with van der Waals surface area (Å²) in [6.45, 7) is 2.46. The Labute approximate surface area is 160 Å². The molecule has 1 fully saturated rings. The minimum Gasteiger partial charge on any atom is -0.348 e. The summed E-state index contributed by atoms with van der Waals surface area (Å²) >= 11 is 0. The molecule has 0 unspecified atom stereocenters. The summed E-state index contributed by atoms with van der Waals surface area (Å²) < 4.78 is 0. The Hall–Kier alpha value is -2.69. The monoisotopic (exact) mass is 365 g/mol. The number of aromatic nitrogens is 1. The standard InChI is InChI=1S/C22H27N3O2/c1-16-11-13-17(14-12-16)15-23-21(26)19-9-6-10-20(25-19)22(27)24-18-7-4-2-3-5-8-18/h6,9-14,18H,2-5,7-8,15H2,1H3,(H,23,26)(H,24,27). The molecule has 1 saturated carbocycles. The van der Waals surface area contributed by atoms with Gasteiger partial charge in [-0.05, 0) is 37.5 Å². The number of pyridine rings is 1. The lowest BCUT2D eigenvalue weighted by Gasteiger charge is -2.16. The second kappa shape index (κ2) is 9.31. The van der Waals surface area contributed by atoms with Gasteiger partial charge in [-0.2, -0.15) is 0 Å². The average Bonchev–Trinajstić information content (AvgIpc) is 2.96. The molecule has 0 radical (unpaired) electrons. The molecule has 27 heavy (non-hydrogen) atoms. The molecule has 5 heteroatoms. The molecule has 1 aromatic carbocycles. The Kier molecular flexibility index (Phi) is 6.58. The molecule has 2 amide bonds. The van der Waals surface area contributed by atoms with Gasteiger partial charge in [-0.15, -0.1) is 0 Å². The maximum Gasteiger partial charge on any atom is 0.270 e. The van der Waals surface area contributed by atoms with Crippen LogP contribution in [-0.2, 0) is 6.54 Å². The first-order chi connectivity index (χ1) is 13.1. The maximum absolute atomic E-state index is 12.5. The van der Waals surface area contributed by atoms with Gasteiger partial charge in [0.15, 0.2) is 0 Å². The lowest BCUT2D eigenvalue weighted by Crippen LogP contribution is -2.35. The van der Waals surface area contributed by atoms with E-state index in [1.807, 2.05) is 31.2 Å².